The van der Waals surface area contributed by atoms with Crippen molar-refractivity contribution < 1.29 is 19.4 Å². The van der Waals surface area contributed by atoms with E-state index < -0.39 is 12.0 Å². The molecule has 2 rings (SSSR count). The Hall–Kier alpha value is -1.46. The van der Waals surface area contributed by atoms with Gasteiger partial charge in [0.25, 0.3) is 0 Å². The van der Waals surface area contributed by atoms with Crippen LogP contribution in [0.15, 0.2) is 6.07 Å². The van der Waals surface area contributed by atoms with Crippen LogP contribution in [-0.2, 0) is 4.79 Å². The second-order valence-corrected chi connectivity index (χ2v) is 4.14. The Kier molecular flexibility index (Phi) is 3.13. The first-order chi connectivity index (χ1) is 8.02. The largest absolute Gasteiger partial charge is 0.486 e. The first-order valence-corrected chi connectivity index (χ1v) is 5.47. The van der Waals surface area contributed by atoms with E-state index in [0.29, 0.717) is 35.8 Å². The predicted octanol–water partition coefficient (Wildman–Crippen LogP) is 1.50. The first kappa shape index (κ1) is 12.0. The van der Waals surface area contributed by atoms with E-state index in [-0.39, 0.29) is 5.02 Å². The summed E-state index contributed by atoms with van der Waals surface area (Å²) in [5, 5.41) is 9.21. The van der Waals surface area contributed by atoms with Gasteiger partial charge in [0, 0.05) is 17.2 Å². The maximum atomic E-state index is 10.9. The molecule has 1 atom stereocenters. The van der Waals surface area contributed by atoms with Crippen LogP contribution in [0.25, 0.3) is 0 Å². The first-order valence-electron chi connectivity index (χ1n) is 5.09. The molecule has 0 aromatic heterocycles. The zero-order valence-corrected chi connectivity index (χ0v) is 9.95. The smallest absolute Gasteiger partial charge is 0.325 e. The van der Waals surface area contributed by atoms with Gasteiger partial charge in [-0.1, -0.05) is 11.6 Å². The predicted molar refractivity (Wildman–Crippen MR) is 61.7 cm³/mol. The van der Waals surface area contributed by atoms with Gasteiger partial charge in [0.2, 0.25) is 0 Å². The van der Waals surface area contributed by atoms with Crippen molar-refractivity contribution in [1.29, 1.82) is 0 Å². The summed E-state index contributed by atoms with van der Waals surface area (Å²) in [6.45, 7) is 2.60. The topological polar surface area (TPSA) is 81.8 Å². The molecular weight excluding hydrogens is 246 g/mol. The van der Waals surface area contributed by atoms with Crippen molar-refractivity contribution in [2.24, 2.45) is 5.73 Å². The van der Waals surface area contributed by atoms with Gasteiger partial charge in [0.15, 0.2) is 11.5 Å². The van der Waals surface area contributed by atoms with E-state index >= 15 is 0 Å². The third-order valence-corrected chi connectivity index (χ3v) is 2.96. The lowest BCUT2D eigenvalue weighted by Gasteiger charge is -2.23. The molecule has 1 aliphatic heterocycles. The van der Waals surface area contributed by atoms with E-state index in [1.54, 1.807) is 13.0 Å². The number of fused-ring (bicyclic) bond motifs is 1. The number of carboxylic acid groups (broad SMARTS) is 1. The summed E-state index contributed by atoms with van der Waals surface area (Å²) in [5.41, 5.74) is 6.57. The molecular formula is C11H12ClNO4. The molecule has 0 spiro atoms. The lowest BCUT2D eigenvalue weighted by molar-refractivity contribution is -0.138. The van der Waals surface area contributed by atoms with Crippen LogP contribution in [0.5, 0.6) is 11.5 Å². The third kappa shape index (κ3) is 2.03. The van der Waals surface area contributed by atoms with Crippen molar-refractivity contribution in [2.75, 3.05) is 13.2 Å². The number of carboxylic acids is 1. The van der Waals surface area contributed by atoms with Crippen molar-refractivity contribution >= 4 is 17.6 Å². The molecule has 17 heavy (non-hydrogen) atoms. The number of benzene rings is 1. The van der Waals surface area contributed by atoms with Crippen LogP contribution >= 0.6 is 11.6 Å². The normalized spacial score (nSPS) is 15.5. The van der Waals surface area contributed by atoms with Crippen LogP contribution in [0.2, 0.25) is 5.02 Å². The molecule has 1 heterocycles. The average molecular weight is 258 g/mol. The van der Waals surface area contributed by atoms with Gasteiger partial charge in [-0.25, -0.2) is 0 Å². The van der Waals surface area contributed by atoms with Gasteiger partial charge in [-0.05, 0) is 6.92 Å². The molecule has 0 aliphatic carbocycles. The molecule has 3 N–H and O–H groups in total. The lowest BCUT2D eigenvalue weighted by atomic mass is 10.00. The Labute approximate surface area is 103 Å². The Morgan fingerprint density at radius 1 is 1.53 bits per heavy atom. The van der Waals surface area contributed by atoms with Gasteiger partial charge in [-0.15, -0.1) is 0 Å². The Bertz CT molecular complexity index is 475. The number of hydrogen-bond acceptors (Lipinski definition) is 4. The molecule has 1 aromatic rings. The van der Waals surface area contributed by atoms with Crippen LogP contribution in [0.1, 0.15) is 17.2 Å². The van der Waals surface area contributed by atoms with Crippen LogP contribution < -0.4 is 15.2 Å². The molecule has 0 radical (unpaired) electrons. The van der Waals surface area contributed by atoms with E-state index in [1.165, 1.54) is 0 Å². The van der Waals surface area contributed by atoms with Crippen molar-refractivity contribution in [1.82, 2.24) is 0 Å². The summed E-state index contributed by atoms with van der Waals surface area (Å²) in [6, 6.07) is 0.375. The van der Waals surface area contributed by atoms with Gasteiger partial charge in [-0.2, -0.15) is 0 Å². The quantitative estimate of drug-likeness (QED) is 0.839. The van der Waals surface area contributed by atoms with Gasteiger partial charge >= 0.3 is 5.97 Å². The van der Waals surface area contributed by atoms with Gasteiger partial charge in [0.05, 0.1) is 5.02 Å². The Morgan fingerprint density at radius 3 is 2.82 bits per heavy atom. The fraction of sp³-hybridized carbons (Fsp3) is 0.364. The number of rotatable bonds is 2. The number of nitrogens with two attached hydrogens (primary N) is 1. The van der Waals surface area contributed by atoms with E-state index in [4.69, 9.17) is 31.9 Å². The zero-order valence-electron chi connectivity index (χ0n) is 9.20. The molecule has 0 saturated heterocycles. The summed E-state index contributed by atoms with van der Waals surface area (Å²) in [7, 11) is 0. The lowest BCUT2D eigenvalue weighted by Crippen LogP contribution is -2.24. The molecule has 6 heteroatoms. The molecule has 0 amide bonds. The van der Waals surface area contributed by atoms with Crippen LogP contribution in [0, 0.1) is 6.92 Å². The zero-order chi connectivity index (χ0) is 12.6. The maximum Gasteiger partial charge on any atom is 0.325 e. The van der Waals surface area contributed by atoms with Crippen molar-refractivity contribution in [3.05, 3.63) is 22.2 Å². The molecule has 1 unspecified atom stereocenters. The fourth-order valence-electron chi connectivity index (χ4n) is 1.83. The standard InChI is InChI=1S/C11H12ClNO4/c1-5-8(9(13)11(14)15)6(12)4-7-10(5)17-3-2-16-7/h4,9H,2-3,13H2,1H3,(H,14,15). The second-order valence-electron chi connectivity index (χ2n) is 3.74. The highest BCUT2D eigenvalue weighted by molar-refractivity contribution is 6.32. The molecule has 0 fully saturated rings. The highest BCUT2D eigenvalue weighted by Crippen LogP contribution is 2.41. The highest BCUT2D eigenvalue weighted by Gasteiger charge is 2.26. The number of ether oxygens (including phenoxy) is 2. The van der Waals surface area contributed by atoms with E-state index in [2.05, 4.69) is 0 Å². The molecule has 0 saturated carbocycles. The summed E-state index contributed by atoms with van der Waals surface area (Å²) in [5.74, 6) is -0.0842. The summed E-state index contributed by atoms with van der Waals surface area (Å²) in [4.78, 5) is 10.9. The van der Waals surface area contributed by atoms with Crippen molar-refractivity contribution in [2.45, 2.75) is 13.0 Å². The van der Waals surface area contributed by atoms with Crippen LogP contribution in [0.3, 0.4) is 0 Å². The van der Waals surface area contributed by atoms with Gasteiger partial charge in [0.1, 0.15) is 19.3 Å². The van der Waals surface area contributed by atoms with Crippen LogP contribution in [0.4, 0.5) is 0 Å². The number of hydrogen-bond donors (Lipinski definition) is 2. The van der Waals surface area contributed by atoms with Crippen LogP contribution in [-0.4, -0.2) is 24.3 Å². The number of aliphatic carboxylic acids is 1. The minimum atomic E-state index is -1.17. The number of carbonyl (C=O) groups is 1. The summed E-state index contributed by atoms with van der Waals surface area (Å²) in [6.07, 6.45) is 0. The average Bonchev–Trinajstić information content (AvgIpc) is 2.28. The molecule has 0 bridgehead atoms. The van der Waals surface area contributed by atoms with Crippen molar-refractivity contribution in [3.63, 3.8) is 0 Å². The Balaban J connectivity index is 2.57. The number of halogens is 1. The third-order valence-electron chi connectivity index (χ3n) is 2.65. The SMILES string of the molecule is Cc1c2c(cc(Cl)c1C(N)C(=O)O)OCCO2. The minimum absolute atomic E-state index is 0.279. The maximum absolute atomic E-state index is 10.9. The van der Waals surface area contributed by atoms with Gasteiger partial charge < -0.3 is 20.3 Å². The summed E-state index contributed by atoms with van der Waals surface area (Å²) < 4.78 is 10.8. The molecule has 92 valence electrons. The Morgan fingerprint density at radius 2 is 2.18 bits per heavy atom. The fourth-order valence-corrected chi connectivity index (χ4v) is 2.19. The summed E-state index contributed by atoms with van der Waals surface area (Å²) >= 11 is 6.03. The molecule has 1 aliphatic rings. The highest BCUT2D eigenvalue weighted by atomic mass is 35.5. The molecule has 5 nitrogen and oxygen atoms in total. The van der Waals surface area contributed by atoms with Crippen molar-refractivity contribution in [3.8, 4) is 11.5 Å². The van der Waals surface area contributed by atoms with E-state index in [9.17, 15) is 4.79 Å². The second kappa shape index (κ2) is 4.43. The minimum Gasteiger partial charge on any atom is -0.486 e. The molecule has 1 aromatic carbocycles. The van der Waals surface area contributed by atoms with E-state index in [0.717, 1.165) is 0 Å². The monoisotopic (exact) mass is 257 g/mol. The van der Waals surface area contributed by atoms with Gasteiger partial charge in [-0.3, -0.25) is 4.79 Å². The van der Waals surface area contributed by atoms with E-state index in [1.807, 2.05) is 0 Å².